The Morgan fingerprint density at radius 1 is 1.25 bits per heavy atom. The Morgan fingerprint density at radius 3 is 2.60 bits per heavy atom. The highest BCUT2D eigenvalue weighted by Crippen LogP contribution is 2.26. The number of anilines is 1. The highest BCUT2D eigenvalue weighted by molar-refractivity contribution is 5.62. The molecule has 0 bridgehead atoms. The topological polar surface area (TPSA) is 75.4 Å². The van der Waals surface area contributed by atoms with Gasteiger partial charge < -0.3 is 10.4 Å². The third kappa shape index (κ3) is 3.33. The molecular formula is C15H16N2O3. The van der Waals surface area contributed by atoms with E-state index in [-0.39, 0.29) is 12.2 Å². The Hall–Kier alpha value is -2.40. The number of nitro benzene ring substituents is 1. The van der Waals surface area contributed by atoms with Crippen LogP contribution in [-0.4, -0.2) is 16.6 Å². The van der Waals surface area contributed by atoms with Crippen molar-refractivity contribution in [2.45, 2.75) is 13.0 Å². The van der Waals surface area contributed by atoms with Gasteiger partial charge in [-0.3, -0.25) is 10.1 Å². The molecule has 0 fully saturated rings. The molecule has 0 heterocycles. The number of nitrogens with one attached hydrogen (secondary N) is 1. The van der Waals surface area contributed by atoms with E-state index in [1.165, 1.54) is 6.07 Å². The number of nitro groups is 1. The van der Waals surface area contributed by atoms with Crippen LogP contribution in [0.4, 0.5) is 11.4 Å². The van der Waals surface area contributed by atoms with Crippen LogP contribution in [0.15, 0.2) is 48.5 Å². The van der Waals surface area contributed by atoms with E-state index in [2.05, 4.69) is 5.32 Å². The van der Waals surface area contributed by atoms with Gasteiger partial charge in [0.05, 0.1) is 11.0 Å². The molecule has 5 heteroatoms. The number of benzene rings is 2. The molecule has 5 nitrogen and oxygen atoms in total. The van der Waals surface area contributed by atoms with E-state index < -0.39 is 11.0 Å². The summed E-state index contributed by atoms with van der Waals surface area (Å²) in [5.41, 5.74) is 2.13. The number of aliphatic hydroxyl groups is 1. The molecule has 0 aliphatic carbocycles. The Kier molecular flexibility index (Phi) is 4.32. The summed E-state index contributed by atoms with van der Waals surface area (Å²) in [7, 11) is 0. The monoisotopic (exact) mass is 272 g/mol. The Balaban J connectivity index is 2.11. The maximum atomic E-state index is 11.0. The summed E-state index contributed by atoms with van der Waals surface area (Å²) in [5, 5.41) is 23.9. The first-order valence-corrected chi connectivity index (χ1v) is 6.30. The van der Waals surface area contributed by atoms with Gasteiger partial charge >= 0.3 is 0 Å². The zero-order valence-corrected chi connectivity index (χ0v) is 11.1. The van der Waals surface area contributed by atoms with Gasteiger partial charge in [0.25, 0.3) is 5.69 Å². The molecule has 0 aliphatic rings. The minimum atomic E-state index is -0.712. The van der Waals surface area contributed by atoms with Crippen molar-refractivity contribution in [2.24, 2.45) is 0 Å². The maximum absolute atomic E-state index is 11.0. The first-order chi connectivity index (χ1) is 9.58. The summed E-state index contributed by atoms with van der Waals surface area (Å²) in [6.07, 6.45) is -0.712. The van der Waals surface area contributed by atoms with Gasteiger partial charge in [-0.25, -0.2) is 0 Å². The van der Waals surface area contributed by atoms with Crippen LogP contribution in [0, 0.1) is 17.0 Å². The molecule has 1 atom stereocenters. The molecule has 0 spiro atoms. The number of hydrogen-bond donors (Lipinski definition) is 2. The van der Waals surface area contributed by atoms with Crippen LogP contribution in [0.5, 0.6) is 0 Å². The average Bonchev–Trinajstić information content (AvgIpc) is 2.45. The molecule has 2 rings (SSSR count). The minimum Gasteiger partial charge on any atom is -0.387 e. The normalized spacial score (nSPS) is 11.9. The highest BCUT2D eigenvalue weighted by Gasteiger charge is 2.14. The van der Waals surface area contributed by atoms with Crippen LogP contribution in [-0.2, 0) is 0 Å². The van der Waals surface area contributed by atoms with Gasteiger partial charge in [0, 0.05) is 12.6 Å². The average molecular weight is 272 g/mol. The van der Waals surface area contributed by atoms with E-state index in [9.17, 15) is 15.2 Å². The fourth-order valence-corrected chi connectivity index (χ4v) is 1.95. The lowest BCUT2D eigenvalue weighted by molar-refractivity contribution is -0.384. The standard InChI is InChI=1S/C15H16N2O3/c1-11-7-8-14(17(19)20)13(9-11)16-10-15(18)12-5-3-2-4-6-12/h2-9,15-16,18H,10H2,1H3. The summed E-state index contributed by atoms with van der Waals surface area (Å²) in [6.45, 7) is 2.08. The van der Waals surface area contributed by atoms with Gasteiger partial charge in [0.1, 0.15) is 5.69 Å². The third-order valence-electron chi connectivity index (χ3n) is 3.02. The number of nitrogens with zero attached hydrogens (tertiary/aromatic N) is 1. The lowest BCUT2D eigenvalue weighted by Crippen LogP contribution is -2.13. The molecule has 0 saturated carbocycles. The molecule has 20 heavy (non-hydrogen) atoms. The predicted octanol–water partition coefficient (Wildman–Crippen LogP) is 3.05. The van der Waals surface area contributed by atoms with Crippen LogP contribution >= 0.6 is 0 Å². The summed E-state index contributed by atoms with van der Waals surface area (Å²) < 4.78 is 0. The number of hydrogen-bond acceptors (Lipinski definition) is 4. The fourth-order valence-electron chi connectivity index (χ4n) is 1.95. The third-order valence-corrected chi connectivity index (χ3v) is 3.02. The van der Waals surface area contributed by atoms with Crippen molar-refractivity contribution in [1.82, 2.24) is 0 Å². The van der Waals surface area contributed by atoms with Crippen molar-refractivity contribution in [3.05, 3.63) is 69.8 Å². The van der Waals surface area contributed by atoms with E-state index >= 15 is 0 Å². The summed E-state index contributed by atoms with van der Waals surface area (Å²) in [5.74, 6) is 0. The molecule has 0 saturated heterocycles. The van der Waals surface area contributed by atoms with E-state index in [1.54, 1.807) is 12.1 Å². The second-order valence-electron chi connectivity index (χ2n) is 4.59. The lowest BCUT2D eigenvalue weighted by atomic mass is 10.1. The second kappa shape index (κ2) is 6.16. The summed E-state index contributed by atoms with van der Waals surface area (Å²) in [6, 6.07) is 14.0. The zero-order chi connectivity index (χ0) is 14.5. The lowest BCUT2D eigenvalue weighted by Gasteiger charge is -2.13. The van der Waals surface area contributed by atoms with Crippen molar-refractivity contribution in [1.29, 1.82) is 0 Å². The van der Waals surface area contributed by atoms with Gasteiger partial charge in [0.15, 0.2) is 0 Å². The van der Waals surface area contributed by atoms with Crippen LogP contribution < -0.4 is 5.32 Å². The van der Waals surface area contributed by atoms with Gasteiger partial charge in [-0.05, 0) is 24.1 Å². The van der Waals surface area contributed by atoms with Crippen LogP contribution in [0.3, 0.4) is 0 Å². The largest absolute Gasteiger partial charge is 0.387 e. The summed E-state index contributed by atoms with van der Waals surface area (Å²) in [4.78, 5) is 10.5. The van der Waals surface area contributed by atoms with E-state index in [1.807, 2.05) is 37.3 Å². The van der Waals surface area contributed by atoms with E-state index in [4.69, 9.17) is 0 Å². The highest BCUT2D eigenvalue weighted by atomic mass is 16.6. The quantitative estimate of drug-likeness (QED) is 0.648. The molecule has 2 N–H and O–H groups in total. The first kappa shape index (κ1) is 14.0. The zero-order valence-electron chi connectivity index (χ0n) is 11.1. The van der Waals surface area contributed by atoms with Crippen molar-refractivity contribution in [3.63, 3.8) is 0 Å². The van der Waals surface area contributed by atoms with Crippen molar-refractivity contribution in [3.8, 4) is 0 Å². The molecule has 0 aliphatic heterocycles. The minimum absolute atomic E-state index is 0.0101. The van der Waals surface area contributed by atoms with Crippen LogP contribution in [0.2, 0.25) is 0 Å². The first-order valence-electron chi connectivity index (χ1n) is 6.30. The Labute approximate surface area is 117 Å². The van der Waals surface area contributed by atoms with Crippen molar-refractivity contribution >= 4 is 11.4 Å². The van der Waals surface area contributed by atoms with Crippen molar-refractivity contribution in [2.75, 3.05) is 11.9 Å². The fraction of sp³-hybridized carbons (Fsp3) is 0.200. The van der Waals surface area contributed by atoms with E-state index in [0.29, 0.717) is 5.69 Å². The molecule has 1 unspecified atom stereocenters. The smallest absolute Gasteiger partial charge is 0.292 e. The van der Waals surface area contributed by atoms with Crippen molar-refractivity contribution < 1.29 is 10.0 Å². The molecule has 2 aromatic rings. The number of aryl methyl sites for hydroxylation is 1. The molecule has 104 valence electrons. The van der Waals surface area contributed by atoms with Gasteiger partial charge in [-0.1, -0.05) is 36.4 Å². The Morgan fingerprint density at radius 2 is 1.95 bits per heavy atom. The van der Waals surface area contributed by atoms with Gasteiger partial charge in [-0.15, -0.1) is 0 Å². The van der Waals surface area contributed by atoms with Gasteiger partial charge in [-0.2, -0.15) is 0 Å². The second-order valence-corrected chi connectivity index (χ2v) is 4.59. The molecule has 2 aromatic carbocycles. The number of aliphatic hydroxyl groups excluding tert-OH is 1. The molecule has 0 radical (unpaired) electrons. The Bertz CT molecular complexity index is 599. The molecule has 0 aromatic heterocycles. The van der Waals surface area contributed by atoms with Crippen LogP contribution in [0.25, 0.3) is 0 Å². The van der Waals surface area contributed by atoms with Gasteiger partial charge in [0.2, 0.25) is 0 Å². The van der Waals surface area contributed by atoms with Crippen LogP contribution in [0.1, 0.15) is 17.2 Å². The predicted molar refractivity (Wildman–Crippen MR) is 77.7 cm³/mol. The van der Waals surface area contributed by atoms with E-state index in [0.717, 1.165) is 11.1 Å². The SMILES string of the molecule is Cc1ccc([N+](=O)[O-])c(NCC(O)c2ccccc2)c1. The molecular weight excluding hydrogens is 256 g/mol. The maximum Gasteiger partial charge on any atom is 0.292 e. The molecule has 0 amide bonds. The summed E-state index contributed by atoms with van der Waals surface area (Å²) >= 11 is 0. The number of rotatable bonds is 5.